The molecule has 2 amide bonds. The van der Waals surface area contributed by atoms with Crippen molar-refractivity contribution < 1.29 is 14.0 Å². The number of carbonyl (C=O) groups is 2. The molecule has 5 nitrogen and oxygen atoms in total. The number of thiophene rings is 1. The zero-order valence-corrected chi connectivity index (χ0v) is 16.7. The molecule has 1 aliphatic rings. The molecule has 1 fully saturated rings. The van der Waals surface area contributed by atoms with E-state index in [1.165, 1.54) is 24.1 Å². The quantitative estimate of drug-likeness (QED) is 0.735. The molecule has 2 heterocycles. The summed E-state index contributed by atoms with van der Waals surface area (Å²) in [5.74, 6) is 1.11. The van der Waals surface area contributed by atoms with E-state index in [9.17, 15) is 9.59 Å². The Kier molecular flexibility index (Phi) is 7.10. The summed E-state index contributed by atoms with van der Waals surface area (Å²) >= 11 is 1.68. The molecule has 0 bridgehead atoms. The van der Waals surface area contributed by atoms with Gasteiger partial charge in [-0.2, -0.15) is 0 Å². The van der Waals surface area contributed by atoms with Crippen molar-refractivity contribution in [3.63, 3.8) is 0 Å². The Balaban J connectivity index is 1.53. The molecular weight excluding hydrogens is 360 g/mol. The number of nitrogens with zero attached hydrogens (tertiary/aromatic N) is 1. The van der Waals surface area contributed by atoms with E-state index in [4.69, 9.17) is 4.42 Å². The van der Waals surface area contributed by atoms with Crippen LogP contribution in [0.3, 0.4) is 0 Å². The Bertz CT molecular complexity index is 732. The lowest BCUT2D eigenvalue weighted by molar-refractivity contribution is -0.134. The highest BCUT2D eigenvalue weighted by Crippen LogP contribution is 2.26. The average Bonchev–Trinajstić information content (AvgIpc) is 3.32. The minimum absolute atomic E-state index is 0.0137. The number of nitrogens with one attached hydrogen (secondary N) is 1. The van der Waals surface area contributed by atoms with Gasteiger partial charge in [0.1, 0.15) is 5.76 Å². The predicted octanol–water partition coefficient (Wildman–Crippen LogP) is 4.26. The van der Waals surface area contributed by atoms with Crippen LogP contribution in [0.2, 0.25) is 0 Å². The van der Waals surface area contributed by atoms with E-state index in [1.54, 1.807) is 22.5 Å². The number of hydrogen-bond donors (Lipinski definition) is 1. The largest absolute Gasteiger partial charge is 0.467 e. The second kappa shape index (κ2) is 9.74. The first-order valence-electron chi connectivity index (χ1n) is 9.72. The van der Waals surface area contributed by atoms with Gasteiger partial charge in [0.2, 0.25) is 11.8 Å². The third-order valence-corrected chi connectivity index (χ3v) is 6.04. The number of carbonyl (C=O) groups excluding carboxylic acids is 2. The Morgan fingerprint density at radius 1 is 1.19 bits per heavy atom. The zero-order valence-electron chi connectivity index (χ0n) is 15.9. The third kappa shape index (κ3) is 6.24. The van der Waals surface area contributed by atoms with Crippen LogP contribution in [-0.4, -0.2) is 23.3 Å². The van der Waals surface area contributed by atoms with E-state index in [0.717, 1.165) is 23.5 Å². The van der Waals surface area contributed by atoms with Gasteiger partial charge < -0.3 is 14.6 Å². The fourth-order valence-electron chi connectivity index (χ4n) is 3.59. The maximum atomic E-state index is 12.8. The number of furan rings is 1. The highest BCUT2D eigenvalue weighted by Gasteiger charge is 2.20. The molecule has 2 aromatic heterocycles. The van der Waals surface area contributed by atoms with Crippen LogP contribution in [-0.2, 0) is 22.7 Å². The van der Waals surface area contributed by atoms with E-state index in [-0.39, 0.29) is 18.4 Å². The van der Waals surface area contributed by atoms with E-state index < -0.39 is 0 Å². The summed E-state index contributed by atoms with van der Waals surface area (Å²) in [5.41, 5.74) is 0. The van der Waals surface area contributed by atoms with Crippen molar-refractivity contribution in [1.29, 1.82) is 0 Å². The lowest BCUT2D eigenvalue weighted by atomic mass is 9.87. The molecule has 0 saturated heterocycles. The highest BCUT2D eigenvalue weighted by atomic mass is 32.1. The smallest absolute Gasteiger partial charge is 0.242 e. The van der Waals surface area contributed by atoms with Gasteiger partial charge in [-0.3, -0.25) is 9.59 Å². The van der Waals surface area contributed by atoms with Crippen molar-refractivity contribution in [2.45, 2.75) is 58.5 Å². The van der Waals surface area contributed by atoms with Gasteiger partial charge in [-0.05, 0) is 49.9 Å². The van der Waals surface area contributed by atoms with Crippen LogP contribution in [0.15, 0.2) is 34.9 Å². The molecule has 0 aliphatic heterocycles. The van der Waals surface area contributed by atoms with Crippen LogP contribution >= 0.6 is 11.3 Å². The van der Waals surface area contributed by atoms with Crippen molar-refractivity contribution in [2.75, 3.05) is 6.54 Å². The lowest BCUT2D eigenvalue weighted by Gasteiger charge is -2.23. The van der Waals surface area contributed by atoms with E-state index >= 15 is 0 Å². The number of amides is 2. The first-order valence-corrected chi connectivity index (χ1v) is 10.5. The molecule has 0 spiro atoms. The van der Waals surface area contributed by atoms with Gasteiger partial charge in [-0.15, -0.1) is 11.3 Å². The van der Waals surface area contributed by atoms with Gasteiger partial charge in [0.15, 0.2) is 0 Å². The van der Waals surface area contributed by atoms with Crippen molar-refractivity contribution in [1.82, 2.24) is 10.2 Å². The summed E-state index contributed by atoms with van der Waals surface area (Å²) in [6.45, 7) is 3.02. The van der Waals surface area contributed by atoms with Crippen molar-refractivity contribution in [2.24, 2.45) is 5.92 Å². The Morgan fingerprint density at radius 2 is 2.00 bits per heavy atom. The summed E-state index contributed by atoms with van der Waals surface area (Å²) in [7, 11) is 0. The molecule has 3 rings (SSSR count). The molecule has 0 radical (unpaired) electrons. The molecule has 0 unspecified atom stereocenters. The molecule has 0 atom stereocenters. The van der Waals surface area contributed by atoms with E-state index in [1.807, 2.05) is 18.2 Å². The van der Waals surface area contributed by atoms with E-state index in [2.05, 4.69) is 18.3 Å². The van der Waals surface area contributed by atoms with Crippen LogP contribution in [0, 0.1) is 12.8 Å². The second-order valence-corrected chi connectivity index (χ2v) is 8.70. The van der Waals surface area contributed by atoms with E-state index in [0.29, 0.717) is 25.4 Å². The average molecular weight is 389 g/mol. The number of aryl methyl sites for hydroxylation is 1. The maximum absolute atomic E-state index is 12.8. The Labute approximate surface area is 164 Å². The van der Waals surface area contributed by atoms with Gasteiger partial charge in [-0.25, -0.2) is 0 Å². The molecular formula is C21H28N2O3S. The number of hydrogen-bond acceptors (Lipinski definition) is 4. The molecule has 1 saturated carbocycles. The van der Waals surface area contributed by atoms with Gasteiger partial charge in [0.05, 0.1) is 25.9 Å². The third-order valence-electron chi connectivity index (χ3n) is 5.06. The minimum Gasteiger partial charge on any atom is -0.467 e. The fourth-order valence-corrected chi connectivity index (χ4v) is 4.50. The first-order chi connectivity index (χ1) is 13.1. The molecule has 146 valence electrons. The molecule has 0 aromatic carbocycles. The standard InChI is InChI=1S/C21H28N2O3S/c1-16-9-10-19(27-16)15-23(14-18-8-5-11-26-18)21(25)13-22-20(24)12-17-6-3-2-4-7-17/h5,8-11,17H,2-4,6-7,12-15H2,1H3,(H,22,24). The van der Waals surface area contributed by atoms with Crippen LogP contribution < -0.4 is 5.32 Å². The van der Waals surface area contributed by atoms with Crippen LogP contribution in [0.25, 0.3) is 0 Å². The predicted molar refractivity (Wildman–Crippen MR) is 106 cm³/mol. The molecule has 6 heteroatoms. The summed E-state index contributed by atoms with van der Waals surface area (Å²) in [4.78, 5) is 29.1. The topological polar surface area (TPSA) is 62.6 Å². The Morgan fingerprint density at radius 3 is 2.67 bits per heavy atom. The lowest BCUT2D eigenvalue weighted by Crippen LogP contribution is -2.39. The van der Waals surface area contributed by atoms with Crippen molar-refractivity contribution in [3.8, 4) is 0 Å². The highest BCUT2D eigenvalue weighted by molar-refractivity contribution is 7.11. The van der Waals surface area contributed by atoms with Crippen LogP contribution in [0.1, 0.15) is 54.0 Å². The SMILES string of the molecule is Cc1ccc(CN(Cc2ccco2)C(=O)CNC(=O)CC2CCCCC2)s1. The number of rotatable bonds is 8. The van der Waals surface area contributed by atoms with Gasteiger partial charge in [0.25, 0.3) is 0 Å². The normalized spacial score (nSPS) is 14.9. The van der Waals surface area contributed by atoms with Crippen LogP contribution in [0.5, 0.6) is 0 Å². The minimum atomic E-state index is -0.0885. The Hall–Kier alpha value is -2.08. The first kappa shape index (κ1) is 19.7. The van der Waals surface area contributed by atoms with Gasteiger partial charge in [0, 0.05) is 16.2 Å². The van der Waals surface area contributed by atoms with Gasteiger partial charge >= 0.3 is 0 Å². The summed E-state index contributed by atoms with van der Waals surface area (Å²) in [6, 6.07) is 7.78. The maximum Gasteiger partial charge on any atom is 0.242 e. The van der Waals surface area contributed by atoms with Gasteiger partial charge in [-0.1, -0.05) is 19.3 Å². The fraction of sp³-hybridized carbons (Fsp3) is 0.524. The molecule has 27 heavy (non-hydrogen) atoms. The molecule has 1 aliphatic carbocycles. The van der Waals surface area contributed by atoms with Crippen molar-refractivity contribution in [3.05, 3.63) is 46.0 Å². The van der Waals surface area contributed by atoms with Crippen LogP contribution in [0.4, 0.5) is 0 Å². The molecule has 1 N–H and O–H groups in total. The zero-order chi connectivity index (χ0) is 19.1. The van der Waals surface area contributed by atoms with Crippen molar-refractivity contribution >= 4 is 23.2 Å². The summed E-state index contributed by atoms with van der Waals surface area (Å²) < 4.78 is 5.41. The second-order valence-electron chi connectivity index (χ2n) is 7.33. The monoisotopic (exact) mass is 388 g/mol. The molecule has 2 aromatic rings. The summed E-state index contributed by atoms with van der Waals surface area (Å²) in [6.07, 6.45) is 8.12. The summed E-state index contributed by atoms with van der Waals surface area (Å²) in [5, 5.41) is 2.82.